The molecule has 0 saturated heterocycles. The Bertz CT molecular complexity index is 847. The first kappa shape index (κ1) is 13.3. The van der Waals surface area contributed by atoms with Crippen LogP contribution >= 0.6 is 0 Å². The molecule has 1 heterocycles. The largest absolute Gasteiger partial charge is 0.366 e. The first-order valence-corrected chi connectivity index (χ1v) is 7.44. The van der Waals surface area contributed by atoms with E-state index in [0.717, 1.165) is 0 Å². The van der Waals surface area contributed by atoms with Crippen LogP contribution in [0.15, 0.2) is 46.2 Å². The summed E-state index contributed by atoms with van der Waals surface area (Å²) < 4.78 is 25.0. The SMILES string of the molecule is NC(=O)c1ccc2c(c1)S(=O)(=O)c1cc(C(N)=O)ccc1-2. The molecule has 3 rings (SSSR count). The average molecular weight is 302 g/mol. The molecule has 2 amide bonds. The molecule has 0 bridgehead atoms. The molecule has 0 unspecified atom stereocenters. The number of carbonyl (C=O) groups excluding carboxylic acids is 2. The fourth-order valence-corrected chi connectivity index (χ4v) is 4.10. The van der Waals surface area contributed by atoms with Crippen molar-refractivity contribution in [1.82, 2.24) is 0 Å². The van der Waals surface area contributed by atoms with E-state index in [1.54, 1.807) is 0 Å². The molecule has 0 atom stereocenters. The molecular formula is C14H10N2O4S. The van der Waals surface area contributed by atoms with Gasteiger partial charge in [0.05, 0.1) is 9.79 Å². The number of primary amides is 2. The summed E-state index contributed by atoms with van der Waals surface area (Å²) in [5, 5.41) is 0. The Morgan fingerprint density at radius 1 is 0.762 bits per heavy atom. The van der Waals surface area contributed by atoms with Gasteiger partial charge in [-0.05, 0) is 24.3 Å². The Hall–Kier alpha value is -2.67. The average Bonchev–Trinajstić information content (AvgIpc) is 2.67. The third kappa shape index (κ3) is 1.82. The topological polar surface area (TPSA) is 120 Å². The van der Waals surface area contributed by atoms with Gasteiger partial charge in [0, 0.05) is 22.3 Å². The second-order valence-corrected chi connectivity index (χ2v) is 6.54. The zero-order valence-corrected chi connectivity index (χ0v) is 11.5. The van der Waals surface area contributed by atoms with Gasteiger partial charge in [-0.25, -0.2) is 8.42 Å². The fourth-order valence-electron chi connectivity index (χ4n) is 2.36. The quantitative estimate of drug-likeness (QED) is 0.723. The minimum absolute atomic E-state index is 0.00965. The Labute approximate surface area is 120 Å². The van der Waals surface area contributed by atoms with Gasteiger partial charge < -0.3 is 11.5 Å². The van der Waals surface area contributed by atoms with Crippen LogP contribution in [0.4, 0.5) is 0 Å². The van der Waals surface area contributed by atoms with Gasteiger partial charge in [-0.3, -0.25) is 9.59 Å². The molecule has 0 aromatic heterocycles. The van der Waals surface area contributed by atoms with E-state index in [9.17, 15) is 18.0 Å². The molecule has 0 spiro atoms. The van der Waals surface area contributed by atoms with Crippen LogP contribution in [-0.2, 0) is 9.84 Å². The summed E-state index contributed by atoms with van der Waals surface area (Å²) in [6.45, 7) is 0. The highest BCUT2D eigenvalue weighted by Gasteiger charge is 2.33. The highest BCUT2D eigenvalue weighted by molar-refractivity contribution is 7.92. The lowest BCUT2D eigenvalue weighted by Gasteiger charge is -2.01. The lowest BCUT2D eigenvalue weighted by atomic mass is 10.0. The van der Waals surface area contributed by atoms with E-state index in [-0.39, 0.29) is 20.9 Å². The standard InChI is InChI=1S/C14H10N2O4S/c15-13(17)7-1-3-9-10-4-2-8(14(16)18)6-12(10)21(19,20)11(9)5-7/h1-6H,(H2,15,17)(H2,16,18). The van der Waals surface area contributed by atoms with E-state index in [4.69, 9.17) is 11.5 Å². The van der Waals surface area contributed by atoms with Crippen molar-refractivity contribution in [2.45, 2.75) is 9.79 Å². The van der Waals surface area contributed by atoms with Crippen molar-refractivity contribution < 1.29 is 18.0 Å². The maximum Gasteiger partial charge on any atom is 0.248 e. The molecule has 2 aromatic carbocycles. The van der Waals surface area contributed by atoms with Crippen molar-refractivity contribution in [3.8, 4) is 11.1 Å². The zero-order valence-electron chi connectivity index (χ0n) is 10.7. The highest BCUT2D eigenvalue weighted by atomic mass is 32.2. The molecule has 0 fully saturated rings. The van der Waals surface area contributed by atoms with E-state index >= 15 is 0 Å². The third-order valence-corrected chi connectivity index (χ3v) is 5.24. The molecule has 0 aliphatic carbocycles. The Balaban J connectivity index is 2.32. The van der Waals surface area contributed by atoms with Crippen LogP contribution < -0.4 is 11.5 Å². The molecule has 7 heteroatoms. The molecule has 1 aliphatic rings. The van der Waals surface area contributed by atoms with Gasteiger partial charge in [0.25, 0.3) is 0 Å². The Morgan fingerprint density at radius 2 is 1.14 bits per heavy atom. The molecule has 2 aromatic rings. The molecule has 4 N–H and O–H groups in total. The van der Waals surface area contributed by atoms with Crippen LogP contribution in [0.3, 0.4) is 0 Å². The van der Waals surface area contributed by atoms with E-state index < -0.39 is 21.7 Å². The summed E-state index contributed by atoms with van der Waals surface area (Å²) in [7, 11) is -3.79. The summed E-state index contributed by atoms with van der Waals surface area (Å²) in [6.07, 6.45) is 0. The summed E-state index contributed by atoms with van der Waals surface area (Å²) >= 11 is 0. The first-order chi connectivity index (χ1) is 9.82. The predicted molar refractivity (Wildman–Crippen MR) is 74.4 cm³/mol. The van der Waals surface area contributed by atoms with Crippen LogP contribution in [0.25, 0.3) is 11.1 Å². The van der Waals surface area contributed by atoms with E-state index in [0.29, 0.717) is 11.1 Å². The molecule has 0 radical (unpaired) electrons. The van der Waals surface area contributed by atoms with Crippen LogP contribution in [-0.4, -0.2) is 20.2 Å². The molecule has 21 heavy (non-hydrogen) atoms. The van der Waals surface area contributed by atoms with E-state index in [1.165, 1.54) is 36.4 Å². The number of benzene rings is 2. The lowest BCUT2D eigenvalue weighted by Crippen LogP contribution is -2.12. The van der Waals surface area contributed by atoms with E-state index in [2.05, 4.69) is 0 Å². The van der Waals surface area contributed by atoms with E-state index in [1.807, 2.05) is 0 Å². The second-order valence-electron chi connectivity index (χ2n) is 4.65. The minimum atomic E-state index is -3.79. The van der Waals surface area contributed by atoms with Crippen LogP contribution in [0.2, 0.25) is 0 Å². The molecule has 1 aliphatic heterocycles. The first-order valence-electron chi connectivity index (χ1n) is 5.95. The summed E-state index contributed by atoms with van der Waals surface area (Å²) in [4.78, 5) is 22.4. The second kappa shape index (κ2) is 4.16. The van der Waals surface area contributed by atoms with Crippen LogP contribution in [0.5, 0.6) is 0 Å². The number of amides is 2. The molecular weight excluding hydrogens is 292 g/mol. The Morgan fingerprint density at radius 3 is 1.48 bits per heavy atom. The van der Waals surface area contributed by atoms with Crippen molar-refractivity contribution in [3.63, 3.8) is 0 Å². The van der Waals surface area contributed by atoms with Crippen molar-refractivity contribution in [1.29, 1.82) is 0 Å². The minimum Gasteiger partial charge on any atom is -0.366 e. The maximum absolute atomic E-state index is 12.5. The molecule has 6 nitrogen and oxygen atoms in total. The predicted octanol–water partition coefficient (Wildman–Crippen LogP) is 0.698. The van der Waals surface area contributed by atoms with Crippen molar-refractivity contribution in [2.75, 3.05) is 0 Å². The molecule has 106 valence electrons. The zero-order chi connectivity index (χ0) is 15.4. The number of nitrogens with two attached hydrogens (primary N) is 2. The number of rotatable bonds is 2. The number of carbonyl (C=O) groups is 2. The van der Waals surface area contributed by atoms with Gasteiger partial charge in [0.2, 0.25) is 21.7 Å². The number of hydrogen-bond acceptors (Lipinski definition) is 4. The normalized spacial score (nSPS) is 14.3. The lowest BCUT2D eigenvalue weighted by molar-refractivity contribution is 0.0991. The smallest absolute Gasteiger partial charge is 0.248 e. The van der Waals surface area contributed by atoms with Gasteiger partial charge in [-0.1, -0.05) is 12.1 Å². The maximum atomic E-state index is 12.5. The number of sulfone groups is 1. The van der Waals surface area contributed by atoms with Crippen molar-refractivity contribution in [3.05, 3.63) is 47.5 Å². The van der Waals surface area contributed by atoms with Gasteiger partial charge in [-0.15, -0.1) is 0 Å². The van der Waals surface area contributed by atoms with Crippen molar-refractivity contribution in [2.24, 2.45) is 11.5 Å². The Kier molecular flexibility index (Phi) is 2.64. The van der Waals surface area contributed by atoms with Crippen molar-refractivity contribution >= 4 is 21.7 Å². The summed E-state index contributed by atoms with van der Waals surface area (Å²) in [5.41, 5.74) is 11.5. The van der Waals surface area contributed by atoms with Gasteiger partial charge in [-0.2, -0.15) is 0 Å². The fraction of sp³-hybridized carbons (Fsp3) is 0. The van der Waals surface area contributed by atoms with Gasteiger partial charge >= 0.3 is 0 Å². The summed E-state index contributed by atoms with van der Waals surface area (Å²) in [6, 6.07) is 8.49. The number of hydrogen-bond donors (Lipinski definition) is 2. The molecule has 0 saturated carbocycles. The third-order valence-electron chi connectivity index (χ3n) is 3.40. The monoisotopic (exact) mass is 302 g/mol. The number of fused-ring (bicyclic) bond motifs is 3. The highest BCUT2D eigenvalue weighted by Crippen LogP contribution is 2.43. The van der Waals surface area contributed by atoms with Gasteiger partial charge in [0.1, 0.15) is 0 Å². The summed E-state index contributed by atoms with van der Waals surface area (Å²) in [5.74, 6) is -1.41. The van der Waals surface area contributed by atoms with Crippen LogP contribution in [0, 0.1) is 0 Å². The van der Waals surface area contributed by atoms with Gasteiger partial charge in [0.15, 0.2) is 0 Å². The van der Waals surface area contributed by atoms with Crippen LogP contribution in [0.1, 0.15) is 20.7 Å².